The van der Waals surface area contributed by atoms with E-state index in [1.54, 1.807) is 6.07 Å². The van der Waals surface area contributed by atoms with Gasteiger partial charge in [0.2, 0.25) is 0 Å². The van der Waals surface area contributed by atoms with Crippen LogP contribution in [0.3, 0.4) is 0 Å². The number of benzene rings is 1. The summed E-state index contributed by atoms with van der Waals surface area (Å²) in [6, 6.07) is 5.30. The van der Waals surface area contributed by atoms with Crippen LogP contribution in [-0.2, 0) is 6.54 Å². The molecule has 1 fully saturated rings. The Bertz CT molecular complexity index is 408. The van der Waals surface area contributed by atoms with E-state index in [2.05, 4.69) is 12.2 Å². The monoisotopic (exact) mass is 265 g/mol. The summed E-state index contributed by atoms with van der Waals surface area (Å²) in [6.45, 7) is 3.89. The predicted octanol–water partition coefficient (Wildman–Crippen LogP) is 3.75. The molecule has 0 aliphatic heterocycles. The average Bonchev–Trinajstić information content (AvgIpc) is 2.41. The third-order valence-electron chi connectivity index (χ3n) is 4.06. The summed E-state index contributed by atoms with van der Waals surface area (Å²) < 4.78 is 18.9. The highest BCUT2D eigenvalue weighted by Gasteiger charge is 2.18. The van der Waals surface area contributed by atoms with E-state index >= 15 is 0 Å². The van der Waals surface area contributed by atoms with Crippen LogP contribution in [0.1, 0.15) is 38.2 Å². The van der Waals surface area contributed by atoms with Crippen molar-refractivity contribution in [2.24, 2.45) is 11.8 Å². The van der Waals surface area contributed by atoms with E-state index in [4.69, 9.17) is 4.74 Å². The zero-order chi connectivity index (χ0) is 13.7. The van der Waals surface area contributed by atoms with Crippen LogP contribution in [-0.4, -0.2) is 13.7 Å². The van der Waals surface area contributed by atoms with E-state index in [9.17, 15) is 4.39 Å². The Hall–Kier alpha value is -1.09. The van der Waals surface area contributed by atoms with Gasteiger partial charge in [-0.1, -0.05) is 31.9 Å². The van der Waals surface area contributed by atoms with Gasteiger partial charge < -0.3 is 10.1 Å². The van der Waals surface area contributed by atoms with Crippen LogP contribution in [0.15, 0.2) is 18.2 Å². The molecule has 2 rings (SSSR count). The summed E-state index contributed by atoms with van der Waals surface area (Å²) in [4.78, 5) is 0. The fourth-order valence-corrected chi connectivity index (χ4v) is 3.01. The highest BCUT2D eigenvalue weighted by molar-refractivity contribution is 5.30. The molecule has 0 spiro atoms. The first-order chi connectivity index (χ1) is 9.20. The molecule has 1 aromatic rings. The van der Waals surface area contributed by atoms with E-state index in [0.717, 1.165) is 18.4 Å². The van der Waals surface area contributed by atoms with Gasteiger partial charge in [0.1, 0.15) is 0 Å². The van der Waals surface area contributed by atoms with Gasteiger partial charge in [0.15, 0.2) is 11.6 Å². The standard InChI is InChI=1S/C16H24FNO/c1-12-5-3-6-13(9-12)10-18-11-14-7-4-8-15(19-2)16(14)17/h4,7-8,12-13,18H,3,5-6,9-11H2,1-2H3. The molecule has 1 saturated carbocycles. The van der Waals surface area contributed by atoms with Crippen molar-refractivity contribution in [1.82, 2.24) is 5.32 Å². The number of nitrogens with one attached hydrogen (secondary N) is 1. The lowest BCUT2D eigenvalue weighted by atomic mass is 9.82. The van der Waals surface area contributed by atoms with Gasteiger partial charge in [0.25, 0.3) is 0 Å². The maximum atomic E-state index is 13.9. The minimum absolute atomic E-state index is 0.241. The van der Waals surface area contributed by atoms with Crippen molar-refractivity contribution in [3.8, 4) is 5.75 Å². The van der Waals surface area contributed by atoms with Crippen LogP contribution in [0.5, 0.6) is 5.75 Å². The SMILES string of the molecule is COc1cccc(CNCC2CCCC(C)C2)c1F. The molecular formula is C16H24FNO. The highest BCUT2D eigenvalue weighted by Crippen LogP contribution is 2.28. The largest absolute Gasteiger partial charge is 0.494 e. The van der Waals surface area contributed by atoms with Crippen LogP contribution in [0.25, 0.3) is 0 Å². The first kappa shape index (κ1) is 14.3. The summed E-state index contributed by atoms with van der Waals surface area (Å²) in [6.07, 6.45) is 5.30. The maximum absolute atomic E-state index is 13.9. The Labute approximate surface area is 115 Å². The molecule has 1 N–H and O–H groups in total. The Morgan fingerprint density at radius 3 is 2.95 bits per heavy atom. The van der Waals surface area contributed by atoms with Gasteiger partial charge in [-0.05, 0) is 37.3 Å². The molecule has 2 nitrogen and oxygen atoms in total. The first-order valence-electron chi connectivity index (χ1n) is 7.22. The van der Waals surface area contributed by atoms with Crippen LogP contribution in [0.2, 0.25) is 0 Å². The smallest absolute Gasteiger partial charge is 0.169 e. The quantitative estimate of drug-likeness (QED) is 0.875. The molecule has 0 radical (unpaired) electrons. The van der Waals surface area contributed by atoms with Crippen molar-refractivity contribution < 1.29 is 9.13 Å². The zero-order valence-corrected chi connectivity index (χ0v) is 11.9. The molecular weight excluding hydrogens is 241 g/mol. The number of ether oxygens (including phenoxy) is 1. The minimum atomic E-state index is -0.241. The Kier molecular flexibility index (Phi) is 5.20. The molecule has 1 aromatic carbocycles. The fraction of sp³-hybridized carbons (Fsp3) is 0.625. The summed E-state index contributed by atoms with van der Waals surface area (Å²) >= 11 is 0. The van der Waals surface area contributed by atoms with Gasteiger partial charge in [-0.25, -0.2) is 4.39 Å². The van der Waals surface area contributed by atoms with Gasteiger partial charge >= 0.3 is 0 Å². The average molecular weight is 265 g/mol. The van der Waals surface area contributed by atoms with Gasteiger partial charge in [-0.15, -0.1) is 0 Å². The molecule has 1 aliphatic carbocycles. The van der Waals surface area contributed by atoms with Crippen LogP contribution >= 0.6 is 0 Å². The van der Waals surface area contributed by atoms with Crippen molar-refractivity contribution in [2.75, 3.05) is 13.7 Å². The number of hydrogen-bond acceptors (Lipinski definition) is 2. The van der Waals surface area contributed by atoms with Crippen LogP contribution in [0.4, 0.5) is 4.39 Å². The lowest BCUT2D eigenvalue weighted by molar-refractivity contribution is 0.273. The van der Waals surface area contributed by atoms with E-state index in [-0.39, 0.29) is 5.82 Å². The number of halogens is 1. The second-order valence-electron chi connectivity index (χ2n) is 5.70. The lowest BCUT2D eigenvalue weighted by Crippen LogP contribution is -2.26. The number of hydrogen-bond donors (Lipinski definition) is 1. The maximum Gasteiger partial charge on any atom is 0.169 e. The van der Waals surface area contributed by atoms with Crippen molar-refractivity contribution >= 4 is 0 Å². The van der Waals surface area contributed by atoms with Crippen LogP contribution in [0, 0.1) is 17.7 Å². The zero-order valence-electron chi connectivity index (χ0n) is 11.9. The number of methoxy groups -OCH3 is 1. The predicted molar refractivity (Wildman–Crippen MR) is 75.8 cm³/mol. The van der Waals surface area contributed by atoms with Crippen LogP contribution < -0.4 is 10.1 Å². The molecule has 0 amide bonds. The van der Waals surface area contributed by atoms with Crippen molar-refractivity contribution in [3.63, 3.8) is 0 Å². The Morgan fingerprint density at radius 1 is 1.37 bits per heavy atom. The van der Waals surface area contributed by atoms with E-state index < -0.39 is 0 Å². The lowest BCUT2D eigenvalue weighted by Gasteiger charge is -2.26. The molecule has 19 heavy (non-hydrogen) atoms. The molecule has 0 aromatic heterocycles. The Morgan fingerprint density at radius 2 is 2.21 bits per heavy atom. The number of rotatable bonds is 5. The first-order valence-corrected chi connectivity index (χ1v) is 7.22. The molecule has 106 valence electrons. The van der Waals surface area contributed by atoms with E-state index in [1.807, 2.05) is 12.1 Å². The summed E-state index contributed by atoms with van der Waals surface area (Å²) in [5.74, 6) is 1.67. The summed E-state index contributed by atoms with van der Waals surface area (Å²) in [7, 11) is 1.50. The molecule has 2 atom stereocenters. The Balaban J connectivity index is 1.82. The van der Waals surface area contributed by atoms with E-state index in [0.29, 0.717) is 17.9 Å². The molecule has 1 aliphatic rings. The normalized spacial score (nSPS) is 23.3. The summed E-state index contributed by atoms with van der Waals surface area (Å²) in [5.41, 5.74) is 0.684. The topological polar surface area (TPSA) is 21.3 Å². The molecule has 0 saturated heterocycles. The molecule has 0 bridgehead atoms. The van der Waals surface area contributed by atoms with Crippen molar-refractivity contribution in [1.29, 1.82) is 0 Å². The molecule has 0 heterocycles. The highest BCUT2D eigenvalue weighted by atomic mass is 19.1. The minimum Gasteiger partial charge on any atom is -0.494 e. The molecule has 2 unspecified atom stereocenters. The van der Waals surface area contributed by atoms with E-state index in [1.165, 1.54) is 32.8 Å². The second kappa shape index (κ2) is 6.90. The fourth-order valence-electron chi connectivity index (χ4n) is 3.01. The third kappa shape index (κ3) is 3.93. The second-order valence-corrected chi connectivity index (χ2v) is 5.70. The van der Waals surface area contributed by atoms with Gasteiger partial charge in [-0.3, -0.25) is 0 Å². The summed E-state index contributed by atoms with van der Waals surface area (Å²) in [5, 5.41) is 3.39. The van der Waals surface area contributed by atoms with Gasteiger partial charge in [-0.2, -0.15) is 0 Å². The van der Waals surface area contributed by atoms with Crippen molar-refractivity contribution in [2.45, 2.75) is 39.2 Å². The van der Waals surface area contributed by atoms with Crippen molar-refractivity contribution in [3.05, 3.63) is 29.6 Å². The third-order valence-corrected chi connectivity index (χ3v) is 4.06. The molecule has 3 heteroatoms. The van der Waals surface area contributed by atoms with Gasteiger partial charge in [0, 0.05) is 12.1 Å². The van der Waals surface area contributed by atoms with Gasteiger partial charge in [0.05, 0.1) is 7.11 Å².